The lowest BCUT2D eigenvalue weighted by molar-refractivity contribution is 1.76. The fourth-order valence-corrected chi connectivity index (χ4v) is 2.86. The summed E-state index contributed by atoms with van der Waals surface area (Å²) in [4.78, 5) is 0. The lowest BCUT2D eigenvalue weighted by Crippen LogP contribution is -2.22. The van der Waals surface area contributed by atoms with Gasteiger partial charge in [0.1, 0.15) is 0 Å². The molecule has 0 saturated heterocycles. The Hall–Kier alpha value is -1.08. The lowest BCUT2D eigenvalue weighted by atomic mass is 10.1. The van der Waals surface area contributed by atoms with Gasteiger partial charge < -0.3 is 0 Å². The highest BCUT2D eigenvalue weighted by atomic mass is 28.3. The van der Waals surface area contributed by atoms with Crippen LogP contribution in [0, 0.1) is 0 Å². The molecule has 0 nitrogen and oxygen atoms in total. The Morgan fingerprint density at radius 1 is 0.846 bits per heavy atom. The van der Waals surface area contributed by atoms with Crippen molar-refractivity contribution in [3.8, 4) is 0 Å². The normalized spacial score (nSPS) is 10.3. The molecule has 0 amide bonds. The van der Waals surface area contributed by atoms with Crippen molar-refractivity contribution in [2.75, 3.05) is 0 Å². The van der Waals surface area contributed by atoms with Crippen LogP contribution in [0.3, 0.4) is 0 Å². The van der Waals surface area contributed by atoms with Crippen molar-refractivity contribution in [3.63, 3.8) is 0 Å². The maximum atomic E-state index is 2.34. The average Bonchev–Trinajstić information content (AvgIpc) is 2.17. The Balaban J connectivity index is 2.76. The molecule has 0 aliphatic heterocycles. The smallest absolute Gasteiger partial charge is 0.0211 e. The van der Waals surface area contributed by atoms with E-state index >= 15 is 0 Å². The Morgan fingerprint density at radius 2 is 1.54 bits per heavy atom. The predicted molar refractivity (Wildman–Crippen MR) is 61.1 cm³/mol. The third-order valence-electron chi connectivity index (χ3n) is 2.33. The van der Waals surface area contributed by atoms with Crippen LogP contribution in [0.4, 0.5) is 0 Å². The molecule has 0 fully saturated rings. The van der Waals surface area contributed by atoms with Crippen molar-refractivity contribution >= 4 is 24.8 Å². The summed E-state index contributed by atoms with van der Waals surface area (Å²) in [5, 5.41) is 4.35. The minimum absolute atomic E-state index is 0.337. The molecule has 0 radical (unpaired) electrons. The molecule has 2 aromatic rings. The van der Waals surface area contributed by atoms with Crippen molar-refractivity contribution in [1.82, 2.24) is 0 Å². The first-order valence-corrected chi connectivity index (χ1v) is 7.07. The second kappa shape index (κ2) is 3.34. The second-order valence-corrected chi connectivity index (χ2v) is 6.07. The average molecular weight is 185 g/mol. The first-order chi connectivity index (χ1) is 6.29. The zero-order chi connectivity index (χ0) is 9.26. The topological polar surface area (TPSA) is 0 Å². The molecular formula is C12H13Si-. The van der Waals surface area contributed by atoms with Crippen molar-refractivity contribution in [3.05, 3.63) is 42.5 Å². The molecule has 0 aromatic heterocycles. The maximum absolute atomic E-state index is 2.34. The number of benzene rings is 2. The van der Waals surface area contributed by atoms with Crippen LogP contribution in [0.2, 0.25) is 13.1 Å². The molecule has 0 aliphatic carbocycles. The summed E-state index contributed by atoms with van der Waals surface area (Å²) >= 11 is 0. The van der Waals surface area contributed by atoms with E-state index in [4.69, 9.17) is 0 Å². The highest BCUT2D eigenvalue weighted by molar-refractivity contribution is 6.73. The number of rotatable bonds is 1. The summed E-state index contributed by atoms with van der Waals surface area (Å²) < 4.78 is 0. The molecule has 0 saturated carbocycles. The third kappa shape index (κ3) is 1.52. The van der Waals surface area contributed by atoms with Gasteiger partial charge in [-0.05, 0) is 10.8 Å². The Labute approximate surface area is 80.8 Å². The minimum atomic E-state index is -0.337. The predicted octanol–water partition coefficient (Wildman–Crippen LogP) is 2.80. The molecule has 0 bridgehead atoms. The fourth-order valence-electron chi connectivity index (χ4n) is 1.66. The van der Waals surface area contributed by atoms with Gasteiger partial charge in [-0.2, -0.15) is 18.3 Å². The van der Waals surface area contributed by atoms with E-state index in [0.29, 0.717) is 0 Å². The molecule has 2 rings (SSSR count). The molecule has 66 valence electrons. The van der Waals surface area contributed by atoms with Gasteiger partial charge in [-0.25, -0.2) is 0 Å². The van der Waals surface area contributed by atoms with Gasteiger partial charge in [0.2, 0.25) is 0 Å². The number of fused-ring (bicyclic) bond motifs is 1. The summed E-state index contributed by atoms with van der Waals surface area (Å²) in [6, 6.07) is 15.2. The summed E-state index contributed by atoms with van der Waals surface area (Å²) in [6.07, 6.45) is 0. The first-order valence-electron chi connectivity index (χ1n) is 4.57. The first kappa shape index (κ1) is 8.51. The molecule has 13 heavy (non-hydrogen) atoms. The molecule has 0 unspecified atom stereocenters. The molecular weight excluding hydrogens is 172 g/mol. The van der Waals surface area contributed by atoms with Crippen molar-refractivity contribution < 1.29 is 0 Å². The highest BCUT2D eigenvalue weighted by Crippen LogP contribution is 2.11. The zero-order valence-corrected chi connectivity index (χ0v) is 9.04. The third-order valence-corrected chi connectivity index (χ3v) is 3.84. The standard InChI is InChI=1S/C12H13Si/c1-13(2)12-9-5-7-10-6-3-4-8-11(10)12/h3-9H,1-2H3/q-1. The molecule has 0 heterocycles. The van der Waals surface area contributed by atoms with E-state index in [9.17, 15) is 0 Å². The molecule has 0 N–H and O–H groups in total. The van der Waals surface area contributed by atoms with E-state index in [0.717, 1.165) is 0 Å². The van der Waals surface area contributed by atoms with E-state index < -0.39 is 0 Å². The van der Waals surface area contributed by atoms with Crippen LogP contribution in [0.5, 0.6) is 0 Å². The Bertz CT molecular complexity index is 413. The van der Waals surface area contributed by atoms with Gasteiger partial charge >= 0.3 is 0 Å². The van der Waals surface area contributed by atoms with Crippen LogP contribution in [-0.4, -0.2) is 8.80 Å². The summed E-state index contributed by atoms with van der Waals surface area (Å²) in [5.74, 6) is 0. The summed E-state index contributed by atoms with van der Waals surface area (Å²) in [5.41, 5.74) is 0. The van der Waals surface area contributed by atoms with Gasteiger partial charge in [0.25, 0.3) is 0 Å². The number of hydrogen-bond acceptors (Lipinski definition) is 0. The van der Waals surface area contributed by atoms with Gasteiger partial charge in [-0.3, -0.25) is 8.80 Å². The van der Waals surface area contributed by atoms with Crippen LogP contribution in [-0.2, 0) is 0 Å². The minimum Gasteiger partial charge on any atom is -0.291 e. The van der Waals surface area contributed by atoms with Gasteiger partial charge in [0.05, 0.1) is 0 Å². The van der Waals surface area contributed by atoms with Gasteiger partial charge in [-0.1, -0.05) is 42.5 Å². The fraction of sp³-hybridized carbons (Fsp3) is 0.167. The van der Waals surface area contributed by atoms with E-state index in [1.807, 2.05) is 0 Å². The van der Waals surface area contributed by atoms with Crippen LogP contribution in [0.15, 0.2) is 42.5 Å². The second-order valence-electron chi connectivity index (χ2n) is 3.53. The Morgan fingerprint density at radius 3 is 2.31 bits per heavy atom. The summed E-state index contributed by atoms with van der Waals surface area (Å²) in [6.45, 7) is 4.68. The maximum Gasteiger partial charge on any atom is -0.0211 e. The van der Waals surface area contributed by atoms with Crippen LogP contribution in [0.1, 0.15) is 0 Å². The van der Waals surface area contributed by atoms with E-state index in [1.54, 1.807) is 5.19 Å². The van der Waals surface area contributed by atoms with Crippen LogP contribution < -0.4 is 5.19 Å². The lowest BCUT2D eigenvalue weighted by Gasteiger charge is -2.21. The number of hydrogen-bond donors (Lipinski definition) is 0. The molecule has 0 spiro atoms. The quantitative estimate of drug-likeness (QED) is 0.599. The van der Waals surface area contributed by atoms with E-state index in [-0.39, 0.29) is 8.80 Å². The Kier molecular flexibility index (Phi) is 2.19. The van der Waals surface area contributed by atoms with Gasteiger partial charge in [0, 0.05) is 0 Å². The molecule has 0 atom stereocenters. The molecule has 0 aliphatic rings. The van der Waals surface area contributed by atoms with Crippen LogP contribution in [0.25, 0.3) is 10.8 Å². The highest BCUT2D eigenvalue weighted by Gasteiger charge is 1.93. The van der Waals surface area contributed by atoms with E-state index in [2.05, 4.69) is 55.6 Å². The monoisotopic (exact) mass is 185 g/mol. The van der Waals surface area contributed by atoms with Crippen LogP contribution >= 0.6 is 0 Å². The SMILES string of the molecule is C[Si-](C)c1cccc2ccccc12. The van der Waals surface area contributed by atoms with Crippen molar-refractivity contribution in [1.29, 1.82) is 0 Å². The van der Waals surface area contributed by atoms with Gasteiger partial charge in [0.15, 0.2) is 0 Å². The van der Waals surface area contributed by atoms with Gasteiger partial charge in [-0.15, -0.1) is 0 Å². The molecule has 1 heteroatoms. The van der Waals surface area contributed by atoms with Crippen molar-refractivity contribution in [2.45, 2.75) is 13.1 Å². The summed E-state index contributed by atoms with van der Waals surface area (Å²) in [7, 11) is -0.337. The van der Waals surface area contributed by atoms with Crippen molar-refractivity contribution in [2.24, 2.45) is 0 Å². The largest absolute Gasteiger partial charge is 0.291 e. The molecule has 2 aromatic carbocycles. The van der Waals surface area contributed by atoms with E-state index in [1.165, 1.54) is 10.8 Å². The zero-order valence-electron chi connectivity index (χ0n) is 8.04.